The first-order valence-corrected chi connectivity index (χ1v) is 19.7. The summed E-state index contributed by atoms with van der Waals surface area (Å²) in [5.74, 6) is 0.948. The van der Waals surface area contributed by atoms with Crippen molar-refractivity contribution in [1.82, 2.24) is 35.4 Å². The van der Waals surface area contributed by atoms with Gasteiger partial charge in [-0.15, -0.1) is 0 Å². The predicted molar refractivity (Wildman–Crippen MR) is 226 cm³/mol. The lowest BCUT2D eigenvalue weighted by molar-refractivity contribution is -0.136. The fourth-order valence-corrected chi connectivity index (χ4v) is 7.56. The first kappa shape index (κ1) is 43.2. The molecule has 2 aliphatic rings. The van der Waals surface area contributed by atoms with E-state index in [9.17, 15) is 19.2 Å². The third-order valence-electron chi connectivity index (χ3n) is 10.4. The minimum absolute atomic E-state index is 0. The number of likely N-dealkylation sites (tertiary alicyclic amines) is 2. The molecule has 58 heavy (non-hydrogen) atoms. The summed E-state index contributed by atoms with van der Waals surface area (Å²) in [4.78, 5) is 66.6. The van der Waals surface area contributed by atoms with E-state index < -0.39 is 18.2 Å². The van der Waals surface area contributed by atoms with Crippen LogP contribution in [0.1, 0.15) is 93.0 Å². The van der Waals surface area contributed by atoms with E-state index in [1.807, 2.05) is 44.2 Å². The second-order valence-electron chi connectivity index (χ2n) is 15.2. The highest BCUT2D eigenvalue weighted by molar-refractivity contribution is 5.87. The van der Waals surface area contributed by atoms with Crippen molar-refractivity contribution in [2.75, 3.05) is 33.9 Å². The molecule has 2 aromatic heterocycles. The first-order chi connectivity index (χ1) is 27.4. The lowest BCUT2D eigenvalue weighted by Crippen LogP contribution is -2.51. The number of H-pyrrole nitrogens is 1. The van der Waals surface area contributed by atoms with Crippen LogP contribution in [0.25, 0.3) is 44.4 Å². The van der Waals surface area contributed by atoms with Gasteiger partial charge in [-0.3, -0.25) is 9.59 Å². The van der Waals surface area contributed by atoms with Crippen molar-refractivity contribution < 1.29 is 34.5 Å². The van der Waals surface area contributed by atoms with Crippen LogP contribution in [0.5, 0.6) is 0 Å². The molecule has 0 saturated carbocycles. The standard InChI is InChI=1S/C40H45N7O7.C3H8.CH4.H2/c1-22(2)35(45-40(51)53-5)38(49)47-21-23(3)17-32(47)37-44-29-15-13-27(19-33(29)54-37)25-10-8-24(9-11-25)26-12-14-28-30(18-26)43-36(42-28)31-7-6-16-46(31)34(48)20-41-39(50)52-4;1-3-2;;/h8-15,18-19,22-23,31-32,35H,6-7,16-17,20-21H2,1-5H3,(H,41,50)(H,42,43)(H,45,51);3H2,1-2H3;1H4;1H/t23-,31-,32?,35-;;;/m0.../s1. The molecule has 4 amide bonds. The average Bonchev–Trinajstić information content (AvgIpc) is 4.03. The molecule has 0 radical (unpaired) electrons. The van der Waals surface area contributed by atoms with Gasteiger partial charge >= 0.3 is 12.2 Å². The molecule has 4 heterocycles. The van der Waals surface area contributed by atoms with Crippen molar-refractivity contribution in [3.63, 3.8) is 0 Å². The Morgan fingerprint density at radius 3 is 2.14 bits per heavy atom. The number of aromatic amines is 1. The third-order valence-corrected chi connectivity index (χ3v) is 10.4. The molecular formula is C44H59N7O7. The molecule has 14 heteroatoms. The summed E-state index contributed by atoms with van der Waals surface area (Å²) in [5, 5.41) is 5.16. The van der Waals surface area contributed by atoms with Crippen LogP contribution in [-0.4, -0.2) is 88.6 Å². The van der Waals surface area contributed by atoms with Gasteiger partial charge in [0.15, 0.2) is 5.58 Å². The van der Waals surface area contributed by atoms with Crippen LogP contribution in [0, 0.1) is 11.8 Å². The van der Waals surface area contributed by atoms with E-state index >= 15 is 0 Å². The fraction of sp³-hybridized carbons (Fsp3) is 0.455. The molecule has 312 valence electrons. The minimum Gasteiger partial charge on any atom is -0.453 e. The molecule has 4 atom stereocenters. The van der Waals surface area contributed by atoms with Crippen molar-refractivity contribution >= 4 is 46.1 Å². The lowest BCUT2D eigenvalue weighted by Gasteiger charge is -2.29. The second kappa shape index (κ2) is 19.0. The summed E-state index contributed by atoms with van der Waals surface area (Å²) in [6, 6.07) is 19.0. The van der Waals surface area contributed by atoms with Crippen molar-refractivity contribution in [2.24, 2.45) is 11.8 Å². The van der Waals surface area contributed by atoms with Crippen LogP contribution in [-0.2, 0) is 19.1 Å². The van der Waals surface area contributed by atoms with Gasteiger partial charge in [-0.1, -0.05) is 84.9 Å². The van der Waals surface area contributed by atoms with Gasteiger partial charge in [0.05, 0.1) is 31.3 Å². The number of carbonyl (C=O) groups is 4. The Hall–Kier alpha value is -5.92. The Morgan fingerprint density at radius 1 is 0.879 bits per heavy atom. The van der Waals surface area contributed by atoms with Crippen LogP contribution < -0.4 is 10.6 Å². The number of rotatable bonds is 9. The van der Waals surface area contributed by atoms with Gasteiger partial charge in [0.1, 0.15) is 30.0 Å². The molecule has 0 aliphatic carbocycles. The second-order valence-corrected chi connectivity index (χ2v) is 15.2. The molecule has 1 unspecified atom stereocenters. The topological polar surface area (TPSA) is 172 Å². The number of aromatic nitrogens is 3. The molecule has 0 spiro atoms. The Morgan fingerprint density at radius 2 is 1.50 bits per heavy atom. The molecule has 0 bridgehead atoms. The maximum Gasteiger partial charge on any atom is 0.407 e. The van der Waals surface area contributed by atoms with E-state index in [2.05, 4.69) is 71.5 Å². The number of amides is 4. The van der Waals surface area contributed by atoms with E-state index in [-0.39, 0.29) is 51.1 Å². The van der Waals surface area contributed by atoms with Crippen LogP contribution in [0.2, 0.25) is 0 Å². The summed E-state index contributed by atoms with van der Waals surface area (Å²) in [6.45, 7) is 11.1. The van der Waals surface area contributed by atoms with Gasteiger partial charge in [0.2, 0.25) is 17.7 Å². The molecule has 3 aromatic carbocycles. The van der Waals surface area contributed by atoms with Crippen molar-refractivity contribution in [3.05, 3.63) is 72.4 Å². The predicted octanol–water partition coefficient (Wildman–Crippen LogP) is 8.65. The monoisotopic (exact) mass is 797 g/mol. The lowest BCUT2D eigenvalue weighted by atomic mass is 10.00. The number of alkyl carbamates (subject to hydrolysis) is 2. The normalized spacial score (nSPS) is 18.0. The Bertz CT molecular complexity index is 2220. The Balaban J connectivity index is 0.00000149. The Kier molecular flexibility index (Phi) is 14.2. The smallest absolute Gasteiger partial charge is 0.407 e. The highest BCUT2D eigenvalue weighted by Crippen LogP contribution is 2.38. The van der Waals surface area contributed by atoms with Crippen molar-refractivity contribution in [2.45, 2.75) is 85.9 Å². The highest BCUT2D eigenvalue weighted by Gasteiger charge is 2.41. The van der Waals surface area contributed by atoms with E-state index in [0.29, 0.717) is 36.5 Å². The van der Waals surface area contributed by atoms with Crippen LogP contribution in [0.15, 0.2) is 65.1 Å². The van der Waals surface area contributed by atoms with E-state index in [0.717, 1.165) is 52.0 Å². The number of fused-ring (bicyclic) bond motifs is 2. The van der Waals surface area contributed by atoms with E-state index in [4.69, 9.17) is 19.1 Å². The molecule has 3 N–H and O–H groups in total. The van der Waals surface area contributed by atoms with Gasteiger partial charge in [-0.2, -0.15) is 0 Å². The van der Waals surface area contributed by atoms with Gasteiger partial charge in [0, 0.05) is 14.5 Å². The maximum atomic E-state index is 13.7. The molecule has 7 rings (SSSR count). The number of methoxy groups -OCH3 is 2. The summed E-state index contributed by atoms with van der Waals surface area (Å²) in [7, 11) is 2.55. The quantitative estimate of drug-likeness (QED) is 0.132. The molecule has 2 fully saturated rings. The number of ether oxygens (including phenoxy) is 2. The number of carbonyl (C=O) groups excluding carboxylic acids is 4. The number of hydrogen-bond donors (Lipinski definition) is 3. The maximum absolute atomic E-state index is 13.7. The Labute approximate surface area is 341 Å². The molecule has 2 saturated heterocycles. The van der Waals surface area contributed by atoms with E-state index in [1.54, 1.807) is 9.80 Å². The van der Waals surface area contributed by atoms with Gasteiger partial charge in [0.25, 0.3) is 0 Å². The largest absolute Gasteiger partial charge is 0.453 e. The molecular weight excluding hydrogens is 739 g/mol. The fourth-order valence-electron chi connectivity index (χ4n) is 7.56. The van der Waals surface area contributed by atoms with Gasteiger partial charge < -0.3 is 39.3 Å². The molecule has 14 nitrogen and oxygen atoms in total. The highest BCUT2D eigenvalue weighted by atomic mass is 16.5. The number of nitrogens with one attached hydrogen (secondary N) is 3. The zero-order valence-electron chi connectivity index (χ0n) is 33.8. The summed E-state index contributed by atoms with van der Waals surface area (Å²) >= 11 is 0. The SMILES string of the molecule is C.CCC.COC(=O)NCC(=O)N1CCC[C@H]1c1nc2ccc(-c3ccc(-c4ccc5nc(C6C[C@H](C)CN6C(=O)[C@@H](NC(=O)OC)C(C)C)oc5c4)cc3)cc2[nH]1.[HH]. The van der Waals surface area contributed by atoms with Gasteiger partial charge in [-0.05, 0) is 77.6 Å². The van der Waals surface area contributed by atoms with Crippen LogP contribution >= 0.6 is 0 Å². The number of hydrogen-bond acceptors (Lipinski definition) is 9. The average molecular weight is 798 g/mol. The molecule has 2 aliphatic heterocycles. The van der Waals surface area contributed by atoms with E-state index in [1.165, 1.54) is 20.6 Å². The number of oxazole rings is 1. The summed E-state index contributed by atoms with van der Waals surface area (Å²) in [5.41, 5.74) is 7.07. The number of nitrogens with zero attached hydrogens (tertiary/aromatic N) is 4. The van der Waals surface area contributed by atoms with Crippen molar-refractivity contribution in [1.29, 1.82) is 0 Å². The summed E-state index contributed by atoms with van der Waals surface area (Å²) in [6.07, 6.45) is 2.31. The first-order valence-electron chi connectivity index (χ1n) is 19.7. The summed E-state index contributed by atoms with van der Waals surface area (Å²) < 4.78 is 15.7. The zero-order chi connectivity index (χ0) is 40.8. The van der Waals surface area contributed by atoms with Crippen LogP contribution in [0.3, 0.4) is 0 Å². The number of benzene rings is 3. The molecule has 5 aromatic rings. The van der Waals surface area contributed by atoms with Crippen molar-refractivity contribution in [3.8, 4) is 22.3 Å². The van der Waals surface area contributed by atoms with Crippen LogP contribution in [0.4, 0.5) is 9.59 Å². The third kappa shape index (κ3) is 9.43. The minimum atomic E-state index is -0.729. The number of imidazole rings is 1. The zero-order valence-corrected chi connectivity index (χ0v) is 33.8. The van der Waals surface area contributed by atoms with Gasteiger partial charge in [-0.25, -0.2) is 19.6 Å².